The second-order valence-corrected chi connectivity index (χ2v) is 4.66. The lowest BCUT2D eigenvalue weighted by Gasteiger charge is -2.05. The Hall–Kier alpha value is 0.530. The summed E-state index contributed by atoms with van der Waals surface area (Å²) < 4.78 is 1.30. The Bertz CT molecular complexity index is 274. The third-order valence-electron chi connectivity index (χ3n) is 1.84. The number of benzene rings is 1. The van der Waals surface area contributed by atoms with E-state index >= 15 is 0 Å². The Balaban J connectivity index is 2.78. The van der Waals surface area contributed by atoms with Gasteiger partial charge in [0.05, 0.1) is 0 Å². The first kappa shape index (κ1) is 11.6. The minimum Gasteiger partial charge on any atom is -0.127 e. The van der Waals surface area contributed by atoms with Gasteiger partial charge in [0.2, 0.25) is 0 Å². The molecule has 0 heterocycles. The van der Waals surface area contributed by atoms with E-state index in [9.17, 15) is 0 Å². The molecule has 0 atom stereocenters. The average Bonchev–Trinajstić information content (AvgIpc) is 2.17. The summed E-state index contributed by atoms with van der Waals surface area (Å²) in [6.07, 6.45) is 2.08. The van der Waals surface area contributed by atoms with Crippen LogP contribution in [0.15, 0.2) is 18.2 Å². The van der Waals surface area contributed by atoms with Crippen molar-refractivity contribution in [1.29, 1.82) is 0 Å². The summed E-state index contributed by atoms with van der Waals surface area (Å²) in [5.74, 6) is 1.31. The topological polar surface area (TPSA) is 0 Å². The molecule has 0 bridgehead atoms. The Labute approximate surface area is 103 Å². The van der Waals surface area contributed by atoms with Gasteiger partial charge in [0.1, 0.15) is 0 Å². The number of halogens is 3. The number of alkyl halides is 2. The van der Waals surface area contributed by atoms with Crippen LogP contribution >= 0.6 is 45.8 Å². The fourth-order valence-electron chi connectivity index (χ4n) is 1.16. The molecule has 0 radical (unpaired) electrons. The molecule has 0 aromatic heterocycles. The van der Waals surface area contributed by atoms with Gasteiger partial charge in [0.25, 0.3) is 0 Å². The summed E-state index contributed by atoms with van der Waals surface area (Å²) in [5.41, 5.74) is 2.55. The quantitative estimate of drug-likeness (QED) is 0.574. The van der Waals surface area contributed by atoms with Crippen LogP contribution in [0.5, 0.6) is 0 Å². The molecule has 3 heteroatoms. The van der Waals surface area contributed by atoms with Gasteiger partial charge in [0.15, 0.2) is 0 Å². The molecule has 0 aliphatic carbocycles. The van der Waals surface area contributed by atoms with Crippen LogP contribution in [0.2, 0.25) is 0 Å². The molecule has 13 heavy (non-hydrogen) atoms. The summed E-state index contributed by atoms with van der Waals surface area (Å²) in [6.45, 7) is 0. The SMILES string of the molecule is ClCCCc1cc(CCl)ccc1I. The van der Waals surface area contributed by atoms with Gasteiger partial charge in [-0.2, -0.15) is 0 Å². The van der Waals surface area contributed by atoms with Crippen molar-refractivity contribution in [1.82, 2.24) is 0 Å². The summed E-state index contributed by atoms with van der Waals surface area (Å²) in [6, 6.07) is 6.35. The molecule has 0 N–H and O–H groups in total. The average molecular weight is 329 g/mol. The zero-order valence-electron chi connectivity index (χ0n) is 7.19. The lowest BCUT2D eigenvalue weighted by molar-refractivity contribution is 0.921. The Morgan fingerprint density at radius 3 is 2.62 bits per heavy atom. The fourth-order valence-corrected chi connectivity index (χ4v) is 2.07. The van der Waals surface area contributed by atoms with E-state index in [1.165, 1.54) is 14.7 Å². The number of aryl methyl sites for hydroxylation is 1. The van der Waals surface area contributed by atoms with Crippen LogP contribution in [0.25, 0.3) is 0 Å². The van der Waals surface area contributed by atoms with Gasteiger partial charge in [-0.3, -0.25) is 0 Å². The van der Waals surface area contributed by atoms with Gasteiger partial charge in [-0.05, 0) is 52.6 Å². The number of rotatable bonds is 4. The molecule has 0 aliphatic rings. The van der Waals surface area contributed by atoms with E-state index in [1.807, 2.05) is 0 Å². The minimum atomic E-state index is 0.588. The highest BCUT2D eigenvalue weighted by atomic mass is 127. The molecule has 0 nitrogen and oxygen atoms in total. The van der Waals surface area contributed by atoms with Crippen molar-refractivity contribution in [2.24, 2.45) is 0 Å². The van der Waals surface area contributed by atoms with Crippen molar-refractivity contribution >= 4 is 45.8 Å². The van der Waals surface area contributed by atoms with Gasteiger partial charge in [-0.15, -0.1) is 23.2 Å². The van der Waals surface area contributed by atoms with Crippen molar-refractivity contribution in [2.45, 2.75) is 18.7 Å². The highest BCUT2D eigenvalue weighted by Gasteiger charge is 2.00. The third kappa shape index (κ3) is 3.64. The summed E-state index contributed by atoms with van der Waals surface area (Å²) >= 11 is 13.8. The number of hydrogen-bond donors (Lipinski definition) is 0. The van der Waals surface area contributed by atoms with E-state index < -0.39 is 0 Å². The first-order valence-corrected chi connectivity index (χ1v) is 6.32. The van der Waals surface area contributed by atoms with E-state index in [4.69, 9.17) is 23.2 Å². The second kappa shape index (κ2) is 6.10. The smallest absolute Gasteiger partial charge is 0.0474 e. The van der Waals surface area contributed by atoms with Crippen LogP contribution < -0.4 is 0 Å². The first-order chi connectivity index (χ1) is 6.27. The largest absolute Gasteiger partial charge is 0.127 e. The van der Waals surface area contributed by atoms with Gasteiger partial charge in [-0.25, -0.2) is 0 Å². The molecule has 0 aliphatic heterocycles. The molecule has 0 saturated heterocycles. The lowest BCUT2D eigenvalue weighted by Crippen LogP contribution is -1.92. The first-order valence-electron chi connectivity index (χ1n) is 4.17. The van der Waals surface area contributed by atoms with E-state index in [1.54, 1.807) is 0 Å². The summed E-state index contributed by atoms with van der Waals surface area (Å²) in [4.78, 5) is 0. The van der Waals surface area contributed by atoms with E-state index in [0.29, 0.717) is 5.88 Å². The zero-order valence-corrected chi connectivity index (χ0v) is 10.9. The maximum absolute atomic E-state index is 5.76. The molecule has 1 rings (SSSR count). The molecule has 72 valence electrons. The van der Waals surface area contributed by atoms with E-state index in [2.05, 4.69) is 40.8 Å². The van der Waals surface area contributed by atoms with Crippen LogP contribution in [-0.4, -0.2) is 5.88 Å². The Morgan fingerprint density at radius 1 is 1.23 bits per heavy atom. The summed E-state index contributed by atoms with van der Waals surface area (Å²) in [5, 5.41) is 0. The molecular formula is C10H11Cl2I. The van der Waals surface area contributed by atoms with E-state index in [0.717, 1.165) is 18.7 Å². The van der Waals surface area contributed by atoms with Crippen LogP contribution in [-0.2, 0) is 12.3 Å². The van der Waals surface area contributed by atoms with Gasteiger partial charge in [-0.1, -0.05) is 12.1 Å². The predicted molar refractivity (Wildman–Crippen MR) is 67.8 cm³/mol. The maximum atomic E-state index is 5.76. The zero-order chi connectivity index (χ0) is 9.68. The van der Waals surface area contributed by atoms with Crippen LogP contribution in [0.3, 0.4) is 0 Å². The van der Waals surface area contributed by atoms with Crippen LogP contribution in [0, 0.1) is 3.57 Å². The maximum Gasteiger partial charge on any atom is 0.0474 e. The Morgan fingerprint density at radius 2 is 2.00 bits per heavy atom. The van der Waals surface area contributed by atoms with Crippen molar-refractivity contribution in [3.63, 3.8) is 0 Å². The highest BCUT2D eigenvalue weighted by molar-refractivity contribution is 14.1. The highest BCUT2D eigenvalue weighted by Crippen LogP contribution is 2.17. The van der Waals surface area contributed by atoms with Crippen LogP contribution in [0.4, 0.5) is 0 Å². The lowest BCUT2D eigenvalue weighted by atomic mass is 10.1. The van der Waals surface area contributed by atoms with Gasteiger partial charge in [0, 0.05) is 15.3 Å². The standard InChI is InChI=1S/C10H11Cl2I/c11-5-1-2-9-6-8(7-12)3-4-10(9)13/h3-4,6H,1-2,5,7H2. The Kier molecular flexibility index (Phi) is 5.44. The van der Waals surface area contributed by atoms with Crippen molar-refractivity contribution in [3.05, 3.63) is 32.9 Å². The molecule has 0 fully saturated rings. The predicted octanol–water partition coefficient (Wildman–Crippen LogP) is 4.20. The normalized spacial score (nSPS) is 10.4. The minimum absolute atomic E-state index is 0.588. The third-order valence-corrected chi connectivity index (χ3v) is 3.47. The van der Waals surface area contributed by atoms with Crippen molar-refractivity contribution in [2.75, 3.05) is 5.88 Å². The number of hydrogen-bond acceptors (Lipinski definition) is 0. The van der Waals surface area contributed by atoms with Crippen LogP contribution in [0.1, 0.15) is 17.5 Å². The molecule has 1 aromatic rings. The molecular weight excluding hydrogens is 318 g/mol. The van der Waals surface area contributed by atoms with Crippen molar-refractivity contribution in [3.8, 4) is 0 Å². The molecule has 0 unspecified atom stereocenters. The molecule has 0 amide bonds. The fraction of sp³-hybridized carbons (Fsp3) is 0.400. The summed E-state index contributed by atoms with van der Waals surface area (Å²) in [7, 11) is 0. The van der Waals surface area contributed by atoms with Gasteiger partial charge >= 0.3 is 0 Å². The molecule has 0 spiro atoms. The van der Waals surface area contributed by atoms with E-state index in [-0.39, 0.29) is 0 Å². The van der Waals surface area contributed by atoms with Gasteiger partial charge < -0.3 is 0 Å². The second-order valence-electron chi connectivity index (χ2n) is 2.85. The molecule has 0 saturated carbocycles. The monoisotopic (exact) mass is 328 g/mol. The van der Waals surface area contributed by atoms with Crippen molar-refractivity contribution < 1.29 is 0 Å². The molecule has 1 aromatic carbocycles.